The Morgan fingerprint density at radius 1 is 0.487 bits per heavy atom. The predicted molar refractivity (Wildman–Crippen MR) is 169 cm³/mol. The molecule has 0 atom stereocenters. The third kappa shape index (κ3) is 7.59. The zero-order valence-electron chi connectivity index (χ0n) is 23.7. The van der Waals surface area contributed by atoms with Gasteiger partial charge in [-0.2, -0.15) is 0 Å². The average Bonchev–Trinajstić information content (AvgIpc) is 2.92. The van der Waals surface area contributed by atoms with Gasteiger partial charge in [0.1, 0.15) is 21.7 Å². The number of aryl methyl sites for hydroxylation is 4. The summed E-state index contributed by atoms with van der Waals surface area (Å²) in [5.74, 6) is 0.324. The molecule has 0 amide bonds. The van der Waals surface area contributed by atoms with Gasteiger partial charge in [-0.3, -0.25) is 0 Å². The van der Waals surface area contributed by atoms with Crippen molar-refractivity contribution < 1.29 is 29.1 Å². The van der Waals surface area contributed by atoms with Gasteiger partial charge in [0.15, 0.2) is 0 Å². The molecule has 5 aromatic carbocycles. The van der Waals surface area contributed by atoms with E-state index < -0.39 is 7.92 Å². The lowest BCUT2D eigenvalue weighted by Gasteiger charge is -2.18. The van der Waals surface area contributed by atoms with Gasteiger partial charge in [0.2, 0.25) is 0 Å². The fourth-order valence-electron chi connectivity index (χ4n) is 4.94. The molecule has 5 rings (SSSR count). The van der Waals surface area contributed by atoms with Gasteiger partial charge in [0, 0.05) is 0 Å². The van der Waals surface area contributed by atoms with Gasteiger partial charge in [-0.1, -0.05) is 72.8 Å². The largest absolute Gasteiger partial charge is 1.00 e. The topological polar surface area (TPSA) is 20.2 Å². The first kappa shape index (κ1) is 30.6. The number of phenolic OH excluding ortho intramolecular Hbond substituents is 1. The van der Waals surface area contributed by atoms with Crippen LogP contribution < -0.4 is 39.9 Å². The maximum absolute atomic E-state index is 9.78. The SMILES string of the molecule is Cc1cc(C)c(C)c([PH+](c2ccc(O)cc2)c2cc(C)cc(C)c2C)c1.[I-].c1ccc(-c2ccccc2)cc1. The third-order valence-corrected chi connectivity index (χ3v) is 10.2. The predicted octanol–water partition coefficient (Wildman–Crippen LogP) is 5.09. The summed E-state index contributed by atoms with van der Waals surface area (Å²) in [4.78, 5) is 0. The second-order valence-electron chi connectivity index (χ2n) is 10.2. The van der Waals surface area contributed by atoms with Crippen LogP contribution in [0, 0.1) is 41.5 Å². The number of benzene rings is 5. The number of hydrogen-bond donors (Lipinski definition) is 1. The molecule has 1 N–H and O–H groups in total. The Hall–Kier alpha value is -2.94. The van der Waals surface area contributed by atoms with E-state index in [0.717, 1.165) is 0 Å². The molecule has 0 heterocycles. The van der Waals surface area contributed by atoms with Crippen LogP contribution in [-0.2, 0) is 0 Å². The molecule has 3 heteroatoms. The number of halogens is 1. The Morgan fingerprint density at radius 2 is 0.872 bits per heavy atom. The van der Waals surface area contributed by atoms with E-state index in [0.29, 0.717) is 5.75 Å². The van der Waals surface area contributed by atoms with Gasteiger partial charge in [-0.05, 0) is 122 Å². The van der Waals surface area contributed by atoms with Crippen LogP contribution in [0.1, 0.15) is 33.4 Å². The van der Waals surface area contributed by atoms with E-state index in [1.807, 2.05) is 24.3 Å². The number of aromatic hydroxyl groups is 1. The maximum atomic E-state index is 9.78. The van der Waals surface area contributed by atoms with Crippen molar-refractivity contribution in [3.05, 3.63) is 143 Å². The van der Waals surface area contributed by atoms with Crippen molar-refractivity contribution in [2.75, 3.05) is 0 Å². The molecule has 5 aromatic rings. The highest BCUT2D eigenvalue weighted by molar-refractivity contribution is 7.80. The summed E-state index contributed by atoms with van der Waals surface area (Å²) in [5.41, 5.74) is 10.6. The molecule has 0 bridgehead atoms. The lowest BCUT2D eigenvalue weighted by molar-refractivity contribution is -0.00000885. The van der Waals surface area contributed by atoms with E-state index >= 15 is 0 Å². The first-order chi connectivity index (χ1) is 18.2. The van der Waals surface area contributed by atoms with Gasteiger partial charge < -0.3 is 29.1 Å². The van der Waals surface area contributed by atoms with Gasteiger partial charge in [0.05, 0.1) is 7.92 Å². The first-order valence-electron chi connectivity index (χ1n) is 13.2. The zero-order chi connectivity index (χ0) is 27.2. The molecule has 0 aliphatic heterocycles. The summed E-state index contributed by atoms with van der Waals surface area (Å²) in [5, 5.41) is 14.0. The number of phenols is 1. The molecule has 39 heavy (non-hydrogen) atoms. The van der Waals surface area contributed by atoms with Gasteiger partial charge in [-0.25, -0.2) is 0 Å². The van der Waals surface area contributed by atoms with Crippen molar-refractivity contribution in [1.29, 1.82) is 0 Å². The second kappa shape index (κ2) is 13.9. The van der Waals surface area contributed by atoms with Crippen LogP contribution >= 0.6 is 7.92 Å². The molecule has 0 aliphatic rings. The smallest absolute Gasteiger partial charge is 0.115 e. The van der Waals surface area contributed by atoms with Crippen molar-refractivity contribution in [3.63, 3.8) is 0 Å². The first-order valence-corrected chi connectivity index (χ1v) is 14.7. The van der Waals surface area contributed by atoms with Crippen LogP contribution in [0.5, 0.6) is 5.75 Å². The fraction of sp³-hybridized carbons (Fsp3) is 0.167. The quantitative estimate of drug-likeness (QED) is 0.214. The van der Waals surface area contributed by atoms with Crippen molar-refractivity contribution in [3.8, 4) is 16.9 Å². The van der Waals surface area contributed by atoms with Gasteiger partial charge in [0.25, 0.3) is 0 Å². The lowest BCUT2D eigenvalue weighted by Crippen LogP contribution is -3.00. The van der Waals surface area contributed by atoms with Crippen LogP contribution in [-0.4, -0.2) is 5.11 Å². The zero-order valence-corrected chi connectivity index (χ0v) is 26.9. The Bertz CT molecular complexity index is 1420. The molecule has 0 fully saturated rings. The van der Waals surface area contributed by atoms with E-state index in [1.165, 1.54) is 60.4 Å². The fourth-order valence-corrected chi connectivity index (χ4v) is 8.24. The molecule has 0 aromatic heterocycles. The van der Waals surface area contributed by atoms with Crippen LogP contribution in [0.25, 0.3) is 11.1 Å². The summed E-state index contributed by atoms with van der Waals surface area (Å²) in [6.45, 7) is 13.3. The molecule has 0 saturated heterocycles. The summed E-state index contributed by atoms with van der Waals surface area (Å²) >= 11 is 0. The summed E-state index contributed by atoms with van der Waals surface area (Å²) in [6.07, 6.45) is 0. The third-order valence-electron chi connectivity index (χ3n) is 7.20. The normalized spacial score (nSPS) is 10.4. The van der Waals surface area contributed by atoms with Crippen LogP contribution in [0.15, 0.2) is 109 Å². The van der Waals surface area contributed by atoms with Crippen LogP contribution in [0.2, 0.25) is 0 Å². The summed E-state index contributed by atoms with van der Waals surface area (Å²) in [7, 11) is -1.15. The highest BCUT2D eigenvalue weighted by atomic mass is 127. The van der Waals surface area contributed by atoms with Crippen molar-refractivity contribution in [2.24, 2.45) is 0 Å². The summed E-state index contributed by atoms with van der Waals surface area (Å²) < 4.78 is 0. The highest BCUT2D eigenvalue weighted by Gasteiger charge is 2.30. The van der Waals surface area contributed by atoms with E-state index in [4.69, 9.17) is 0 Å². The van der Waals surface area contributed by atoms with E-state index in [9.17, 15) is 5.11 Å². The standard InChI is InChI=1S/C24H27OP.C12H10.HI/c1-15-11-17(3)19(5)23(13-15)26(22-9-7-21(25)8-10-22)24-14-16(2)12-18(4)20(24)6;1-3-7-11(8-4-1)12-9-5-2-6-10-12;/h7-14,25H,1-6H3;1-10H;1H. The molecule has 0 spiro atoms. The van der Waals surface area contributed by atoms with E-state index in [1.54, 1.807) is 0 Å². The molecule has 1 nitrogen and oxygen atoms in total. The van der Waals surface area contributed by atoms with E-state index in [-0.39, 0.29) is 24.0 Å². The number of rotatable bonds is 4. The van der Waals surface area contributed by atoms with Gasteiger partial charge in [-0.15, -0.1) is 0 Å². The Labute approximate surface area is 252 Å². The van der Waals surface area contributed by atoms with Crippen molar-refractivity contribution in [1.82, 2.24) is 0 Å². The molecular weight excluding hydrogens is 606 g/mol. The Morgan fingerprint density at radius 3 is 1.26 bits per heavy atom. The molecule has 0 aliphatic carbocycles. The van der Waals surface area contributed by atoms with Crippen LogP contribution in [0.3, 0.4) is 0 Å². The molecular formula is C36H38IOP. The molecule has 0 radical (unpaired) electrons. The Kier molecular flexibility index (Phi) is 10.9. The minimum absolute atomic E-state index is 0. The molecule has 0 saturated carbocycles. The molecule has 0 unspecified atom stereocenters. The van der Waals surface area contributed by atoms with Crippen molar-refractivity contribution in [2.45, 2.75) is 41.5 Å². The highest BCUT2D eigenvalue weighted by Crippen LogP contribution is 2.37. The minimum atomic E-state index is -1.15. The van der Waals surface area contributed by atoms with Crippen LogP contribution in [0.4, 0.5) is 0 Å². The monoisotopic (exact) mass is 644 g/mol. The lowest BCUT2D eigenvalue weighted by atomic mass is 10.1. The molecule has 200 valence electrons. The van der Waals surface area contributed by atoms with E-state index in [2.05, 4.69) is 126 Å². The Balaban J connectivity index is 0.000000270. The second-order valence-corrected chi connectivity index (χ2v) is 12.6. The summed E-state index contributed by atoms with van der Waals surface area (Å²) in [6, 6.07) is 37.9. The average molecular weight is 645 g/mol. The van der Waals surface area contributed by atoms with Crippen molar-refractivity contribution >= 4 is 23.8 Å². The van der Waals surface area contributed by atoms with Gasteiger partial charge >= 0.3 is 0 Å². The minimum Gasteiger partial charge on any atom is -1.00 e. The maximum Gasteiger partial charge on any atom is 0.115 e. The number of hydrogen-bond acceptors (Lipinski definition) is 1.